The van der Waals surface area contributed by atoms with E-state index in [1.165, 1.54) is 22.1 Å². The lowest BCUT2D eigenvalue weighted by molar-refractivity contribution is -0.120. The number of thiazole rings is 1. The molecular weight excluding hydrogens is 378 g/mol. The molecule has 4 rings (SSSR count). The highest BCUT2D eigenvalue weighted by Crippen LogP contribution is 2.16. The highest BCUT2D eigenvalue weighted by Gasteiger charge is 2.09. The topological polar surface area (TPSA) is 95.0 Å². The van der Waals surface area contributed by atoms with Gasteiger partial charge in [-0.05, 0) is 30.3 Å². The van der Waals surface area contributed by atoms with Crippen molar-refractivity contribution in [3.63, 3.8) is 0 Å². The second-order valence-corrected chi connectivity index (χ2v) is 6.83. The molecule has 0 fully saturated rings. The van der Waals surface area contributed by atoms with Crippen LogP contribution in [0.1, 0.15) is 5.69 Å². The Morgan fingerprint density at radius 1 is 1.18 bits per heavy atom. The van der Waals surface area contributed by atoms with E-state index in [4.69, 9.17) is 4.42 Å². The molecule has 0 aliphatic heterocycles. The van der Waals surface area contributed by atoms with Crippen LogP contribution in [-0.2, 0) is 17.8 Å². The number of hydrogen-bond acceptors (Lipinski definition) is 6. The Hall–Kier alpha value is -3.46. The van der Waals surface area contributed by atoms with Gasteiger partial charge in [-0.3, -0.25) is 9.59 Å². The van der Waals surface area contributed by atoms with E-state index in [1.54, 1.807) is 24.5 Å². The Labute approximate surface area is 164 Å². The van der Waals surface area contributed by atoms with Crippen LogP contribution in [0.5, 0.6) is 0 Å². The summed E-state index contributed by atoms with van der Waals surface area (Å²) < 4.78 is 8.51. The largest absolute Gasteiger partial charge is 0.463 e. The predicted octanol–water partition coefficient (Wildman–Crippen LogP) is 2.11. The van der Waals surface area contributed by atoms with E-state index in [2.05, 4.69) is 15.4 Å². The lowest BCUT2D eigenvalue weighted by Gasteiger charge is -2.07. The summed E-state index contributed by atoms with van der Waals surface area (Å²) in [6.07, 6.45) is 5.55. The highest BCUT2D eigenvalue weighted by atomic mass is 32.1. The minimum Gasteiger partial charge on any atom is -0.463 e. The minimum atomic E-state index is -0.236. The molecule has 0 spiro atoms. The number of nitrogens with one attached hydrogen (secondary N) is 1. The maximum Gasteiger partial charge on any atom is 0.266 e. The molecule has 0 aliphatic rings. The summed E-state index contributed by atoms with van der Waals surface area (Å²) in [5.41, 5.74) is 1.04. The van der Waals surface area contributed by atoms with Crippen LogP contribution in [0.2, 0.25) is 0 Å². The van der Waals surface area contributed by atoms with Crippen molar-refractivity contribution in [2.75, 3.05) is 6.54 Å². The van der Waals surface area contributed by atoms with Gasteiger partial charge in [0.2, 0.25) is 5.91 Å². The summed E-state index contributed by atoms with van der Waals surface area (Å²) in [6.45, 7) is 0.562. The van der Waals surface area contributed by atoms with E-state index in [9.17, 15) is 9.59 Å². The van der Waals surface area contributed by atoms with Crippen molar-refractivity contribution in [1.29, 1.82) is 0 Å². The predicted molar refractivity (Wildman–Crippen MR) is 104 cm³/mol. The fourth-order valence-electron chi connectivity index (χ4n) is 2.65. The maximum atomic E-state index is 12.2. The fourth-order valence-corrected chi connectivity index (χ4v) is 3.44. The van der Waals surface area contributed by atoms with E-state index >= 15 is 0 Å². The Balaban J connectivity index is 1.32. The third-order valence-electron chi connectivity index (χ3n) is 3.99. The summed E-state index contributed by atoms with van der Waals surface area (Å²) in [5.74, 6) is 0.430. The molecule has 1 N–H and O–H groups in total. The van der Waals surface area contributed by atoms with Crippen LogP contribution in [0.4, 0.5) is 0 Å². The summed E-state index contributed by atoms with van der Waals surface area (Å²) in [5, 5.41) is 9.76. The third kappa shape index (κ3) is 4.09. The number of amides is 1. The molecule has 8 nitrogen and oxygen atoms in total. The first-order valence-corrected chi connectivity index (χ1v) is 9.53. The number of carbonyl (C=O) groups is 1. The van der Waals surface area contributed by atoms with Gasteiger partial charge in [0.15, 0.2) is 10.9 Å². The minimum absolute atomic E-state index is 0.153. The Kier molecular flexibility index (Phi) is 5.16. The van der Waals surface area contributed by atoms with Gasteiger partial charge in [-0.25, -0.2) is 9.67 Å². The van der Waals surface area contributed by atoms with E-state index in [0.717, 1.165) is 5.13 Å². The van der Waals surface area contributed by atoms with Crippen molar-refractivity contribution in [2.24, 2.45) is 0 Å². The number of nitrogens with zero attached hydrogens (tertiary/aromatic N) is 4. The van der Waals surface area contributed by atoms with Crippen molar-refractivity contribution in [1.82, 2.24) is 24.6 Å². The Bertz CT molecular complexity index is 1110. The molecule has 4 aromatic rings. The normalized spacial score (nSPS) is 10.9. The lowest BCUT2D eigenvalue weighted by Crippen LogP contribution is -2.32. The molecule has 0 aromatic carbocycles. The zero-order valence-electron chi connectivity index (χ0n) is 14.8. The molecule has 142 valence electrons. The fraction of sp³-hybridized carbons (Fsp3) is 0.158. The van der Waals surface area contributed by atoms with E-state index in [1.807, 2.05) is 34.5 Å². The van der Waals surface area contributed by atoms with E-state index < -0.39 is 0 Å². The van der Waals surface area contributed by atoms with Gasteiger partial charge in [0.05, 0.1) is 24.9 Å². The molecular formula is C19H17N5O3S. The first kappa shape index (κ1) is 17.9. The monoisotopic (exact) mass is 395 g/mol. The maximum absolute atomic E-state index is 12.2. The van der Waals surface area contributed by atoms with Gasteiger partial charge >= 0.3 is 0 Å². The smallest absolute Gasteiger partial charge is 0.266 e. The van der Waals surface area contributed by atoms with Crippen LogP contribution in [-0.4, -0.2) is 31.8 Å². The summed E-state index contributed by atoms with van der Waals surface area (Å²) >= 11 is 1.48. The van der Waals surface area contributed by atoms with Gasteiger partial charge in [-0.2, -0.15) is 5.10 Å². The van der Waals surface area contributed by atoms with Crippen LogP contribution in [0, 0.1) is 0 Å². The summed E-state index contributed by atoms with van der Waals surface area (Å²) in [6, 6.07) is 10.4. The molecule has 1 amide bonds. The first-order chi connectivity index (χ1) is 13.7. The molecule has 4 heterocycles. The lowest BCUT2D eigenvalue weighted by atomic mass is 10.3. The van der Waals surface area contributed by atoms with Crippen LogP contribution in [0.15, 0.2) is 69.6 Å². The molecule has 0 aliphatic carbocycles. The number of carbonyl (C=O) groups excluding carboxylic acids is 1. The van der Waals surface area contributed by atoms with Crippen molar-refractivity contribution in [3.8, 4) is 16.6 Å². The summed E-state index contributed by atoms with van der Waals surface area (Å²) in [7, 11) is 0. The zero-order chi connectivity index (χ0) is 19.3. The highest BCUT2D eigenvalue weighted by molar-refractivity contribution is 7.12. The van der Waals surface area contributed by atoms with Gasteiger partial charge < -0.3 is 14.3 Å². The van der Waals surface area contributed by atoms with Gasteiger partial charge in [0.1, 0.15) is 5.69 Å². The number of aromatic nitrogens is 4. The van der Waals surface area contributed by atoms with Crippen LogP contribution >= 0.6 is 11.3 Å². The third-order valence-corrected chi connectivity index (χ3v) is 4.90. The number of furan rings is 1. The molecule has 0 unspecified atom stereocenters. The van der Waals surface area contributed by atoms with Crippen molar-refractivity contribution in [3.05, 3.63) is 76.5 Å². The van der Waals surface area contributed by atoms with Crippen molar-refractivity contribution >= 4 is 17.2 Å². The second kappa shape index (κ2) is 8.05. The number of rotatable bonds is 7. The molecule has 0 radical (unpaired) electrons. The molecule has 0 bridgehead atoms. The molecule has 0 saturated carbocycles. The average Bonchev–Trinajstić information content (AvgIpc) is 3.45. The standard InChI is InChI=1S/C19H17N5O3S/c25-17(12-14-13-28-19(21-14)23-8-1-2-9-23)20-7-10-24-18(26)6-5-15(22-24)16-4-3-11-27-16/h1-6,8-9,11,13H,7,10,12H2,(H,20,25). The molecule has 9 heteroatoms. The molecule has 0 saturated heterocycles. The zero-order valence-corrected chi connectivity index (χ0v) is 15.6. The molecule has 28 heavy (non-hydrogen) atoms. The van der Waals surface area contributed by atoms with Crippen molar-refractivity contribution < 1.29 is 9.21 Å². The van der Waals surface area contributed by atoms with Gasteiger partial charge in [0, 0.05) is 30.4 Å². The van der Waals surface area contributed by atoms with Gasteiger partial charge in [0.25, 0.3) is 5.56 Å². The van der Waals surface area contributed by atoms with Crippen LogP contribution in [0.25, 0.3) is 16.6 Å². The Morgan fingerprint density at radius 3 is 2.82 bits per heavy atom. The average molecular weight is 395 g/mol. The number of hydrogen-bond donors (Lipinski definition) is 1. The summed E-state index contributed by atoms with van der Waals surface area (Å²) in [4.78, 5) is 28.6. The van der Waals surface area contributed by atoms with Crippen molar-refractivity contribution in [2.45, 2.75) is 13.0 Å². The second-order valence-electron chi connectivity index (χ2n) is 6.00. The van der Waals surface area contributed by atoms with Gasteiger partial charge in [-0.1, -0.05) is 0 Å². The van der Waals surface area contributed by atoms with Crippen LogP contribution < -0.4 is 10.9 Å². The Morgan fingerprint density at radius 2 is 2.04 bits per heavy atom. The SMILES string of the molecule is O=C(Cc1csc(-n2cccc2)n1)NCCn1nc(-c2ccco2)ccc1=O. The van der Waals surface area contributed by atoms with Crippen LogP contribution in [0.3, 0.4) is 0 Å². The van der Waals surface area contributed by atoms with E-state index in [-0.39, 0.29) is 24.4 Å². The molecule has 0 atom stereocenters. The van der Waals surface area contributed by atoms with Gasteiger partial charge in [-0.15, -0.1) is 11.3 Å². The quantitative estimate of drug-likeness (QED) is 0.517. The molecule has 4 aromatic heterocycles. The van der Waals surface area contributed by atoms with E-state index in [0.29, 0.717) is 23.7 Å². The first-order valence-electron chi connectivity index (χ1n) is 8.65.